The highest BCUT2D eigenvalue weighted by molar-refractivity contribution is 7.93. The lowest BCUT2D eigenvalue weighted by atomic mass is 9.98. The van der Waals surface area contributed by atoms with Crippen LogP contribution in [0.4, 0.5) is 5.69 Å². The average Bonchev–Trinajstić information content (AvgIpc) is 2.42. The van der Waals surface area contributed by atoms with Crippen LogP contribution in [0.3, 0.4) is 0 Å². The van der Waals surface area contributed by atoms with Crippen LogP contribution in [0.2, 0.25) is 5.02 Å². The predicted molar refractivity (Wildman–Crippen MR) is 79.9 cm³/mol. The Morgan fingerprint density at radius 1 is 1.45 bits per heavy atom. The number of halogens is 1. The molecule has 1 heterocycles. The van der Waals surface area contributed by atoms with Crippen LogP contribution in [-0.4, -0.2) is 43.2 Å². The standard InChI is InChI=1S/C13H19ClN2O3S/c1-13(5-7-16(2)8-6-13)20(18,19)12-9(14)3-4-10(15)11(12)17/h3-4,17H,5-8,15H2,1-2H3/i2D3. The van der Waals surface area contributed by atoms with Crippen LogP contribution in [0.1, 0.15) is 23.9 Å². The minimum atomic E-state index is -3.99. The second-order valence-electron chi connectivity index (χ2n) is 5.25. The molecule has 0 aromatic heterocycles. The van der Waals surface area contributed by atoms with Crippen LogP contribution >= 0.6 is 11.6 Å². The summed E-state index contributed by atoms with van der Waals surface area (Å²) in [5.74, 6) is -0.558. The highest BCUT2D eigenvalue weighted by atomic mass is 35.5. The van der Waals surface area contributed by atoms with Gasteiger partial charge < -0.3 is 15.7 Å². The minimum Gasteiger partial charge on any atom is -0.504 e. The van der Waals surface area contributed by atoms with E-state index in [4.69, 9.17) is 21.4 Å². The van der Waals surface area contributed by atoms with E-state index in [0.717, 1.165) is 0 Å². The first kappa shape index (κ1) is 11.7. The van der Waals surface area contributed by atoms with Crippen LogP contribution in [0.25, 0.3) is 0 Å². The van der Waals surface area contributed by atoms with Crippen molar-refractivity contribution in [3.63, 3.8) is 0 Å². The van der Waals surface area contributed by atoms with Crippen molar-refractivity contribution in [1.82, 2.24) is 4.90 Å². The number of likely N-dealkylation sites (tertiary alicyclic amines) is 1. The van der Waals surface area contributed by atoms with Gasteiger partial charge in [-0.25, -0.2) is 8.42 Å². The summed E-state index contributed by atoms with van der Waals surface area (Å²) in [5.41, 5.74) is 5.51. The van der Waals surface area contributed by atoms with Gasteiger partial charge in [-0.2, -0.15) is 0 Å². The Bertz CT molecular complexity index is 714. The van der Waals surface area contributed by atoms with Crippen LogP contribution in [0.15, 0.2) is 17.0 Å². The summed E-state index contributed by atoms with van der Waals surface area (Å²) in [7, 11) is -3.99. The molecule has 1 aliphatic heterocycles. The molecule has 0 spiro atoms. The number of phenols is 1. The molecular weight excluding hydrogens is 300 g/mol. The third-order valence-corrected chi connectivity index (χ3v) is 6.94. The summed E-state index contributed by atoms with van der Waals surface area (Å²) in [6, 6.07) is 2.65. The van der Waals surface area contributed by atoms with Crippen molar-refractivity contribution in [1.29, 1.82) is 0 Å². The van der Waals surface area contributed by atoms with Crippen molar-refractivity contribution in [3.8, 4) is 5.75 Å². The Labute approximate surface area is 128 Å². The van der Waals surface area contributed by atoms with Gasteiger partial charge >= 0.3 is 0 Å². The van der Waals surface area contributed by atoms with E-state index >= 15 is 0 Å². The molecule has 1 fully saturated rings. The van der Waals surface area contributed by atoms with Gasteiger partial charge in [0, 0.05) is 4.11 Å². The number of piperidine rings is 1. The van der Waals surface area contributed by atoms with Gasteiger partial charge in [-0.1, -0.05) is 11.6 Å². The number of hydrogen-bond acceptors (Lipinski definition) is 5. The maximum Gasteiger partial charge on any atom is 0.189 e. The van der Waals surface area contributed by atoms with Gasteiger partial charge in [0.25, 0.3) is 0 Å². The van der Waals surface area contributed by atoms with E-state index in [9.17, 15) is 13.5 Å². The Morgan fingerprint density at radius 2 is 2.05 bits per heavy atom. The number of nitrogen functional groups attached to an aromatic ring is 1. The number of nitrogens with two attached hydrogens (primary N) is 1. The van der Waals surface area contributed by atoms with Crippen molar-refractivity contribution in [2.45, 2.75) is 29.4 Å². The van der Waals surface area contributed by atoms with E-state index in [0.29, 0.717) is 0 Å². The van der Waals surface area contributed by atoms with Gasteiger partial charge in [0.05, 0.1) is 15.5 Å². The van der Waals surface area contributed by atoms with E-state index in [1.165, 1.54) is 24.0 Å². The van der Waals surface area contributed by atoms with Gasteiger partial charge in [0.1, 0.15) is 4.90 Å². The zero-order chi connectivity index (χ0) is 17.6. The molecule has 0 saturated carbocycles. The highest BCUT2D eigenvalue weighted by Gasteiger charge is 2.44. The minimum absolute atomic E-state index is 0.0727. The molecule has 0 amide bonds. The van der Waals surface area contributed by atoms with Crippen molar-refractivity contribution < 1.29 is 17.6 Å². The first-order valence-electron chi connectivity index (χ1n) is 7.67. The van der Waals surface area contributed by atoms with Crippen LogP contribution < -0.4 is 5.73 Å². The van der Waals surface area contributed by atoms with Gasteiger partial charge in [-0.15, -0.1) is 0 Å². The second kappa shape index (κ2) is 5.09. The molecule has 112 valence electrons. The molecule has 0 bridgehead atoms. The SMILES string of the molecule is [2H]C([2H])([2H])N1CCC(C)(S(=O)(=O)c2c(Cl)ccc(N)c2O)CC1. The molecule has 2 rings (SSSR count). The van der Waals surface area contributed by atoms with Gasteiger partial charge in [0.15, 0.2) is 15.6 Å². The van der Waals surface area contributed by atoms with Crippen molar-refractivity contribution in [2.24, 2.45) is 0 Å². The fraction of sp³-hybridized carbons (Fsp3) is 0.538. The molecule has 5 nitrogen and oxygen atoms in total. The summed E-state index contributed by atoms with van der Waals surface area (Å²) in [5, 5.41) is 9.95. The molecule has 7 heteroatoms. The van der Waals surface area contributed by atoms with E-state index in [1.807, 2.05) is 0 Å². The highest BCUT2D eigenvalue weighted by Crippen LogP contribution is 2.43. The quantitative estimate of drug-likeness (QED) is 0.642. The van der Waals surface area contributed by atoms with Crippen molar-refractivity contribution in [2.75, 3.05) is 25.8 Å². The normalized spacial score (nSPS) is 22.8. The lowest BCUT2D eigenvalue weighted by Crippen LogP contribution is -2.46. The number of aromatic hydroxyl groups is 1. The Hall–Kier alpha value is -0.980. The fourth-order valence-electron chi connectivity index (χ4n) is 2.31. The number of benzene rings is 1. The van der Waals surface area contributed by atoms with Gasteiger partial charge in [-0.05, 0) is 52.0 Å². The Morgan fingerprint density at radius 3 is 2.60 bits per heavy atom. The average molecular weight is 322 g/mol. The van der Waals surface area contributed by atoms with Crippen LogP contribution in [0, 0.1) is 0 Å². The first-order valence-corrected chi connectivity index (χ1v) is 8.03. The summed E-state index contributed by atoms with van der Waals surface area (Å²) in [6.45, 7) is -0.472. The van der Waals surface area contributed by atoms with Crippen LogP contribution in [-0.2, 0) is 9.84 Å². The zero-order valence-corrected chi connectivity index (χ0v) is 12.6. The lowest BCUT2D eigenvalue weighted by molar-refractivity contribution is 0.240. The smallest absolute Gasteiger partial charge is 0.189 e. The number of hydrogen-bond donors (Lipinski definition) is 2. The zero-order valence-electron chi connectivity index (χ0n) is 14.1. The fourth-order valence-corrected chi connectivity index (χ4v) is 4.68. The lowest BCUT2D eigenvalue weighted by Gasteiger charge is -2.37. The molecule has 3 N–H and O–H groups in total. The van der Waals surface area contributed by atoms with E-state index in [2.05, 4.69) is 0 Å². The maximum absolute atomic E-state index is 13.0. The second-order valence-corrected chi connectivity index (χ2v) is 8.06. The summed E-state index contributed by atoms with van der Waals surface area (Å²) in [6.07, 6.45) is 0.247. The molecular formula is C13H19ClN2O3S. The molecule has 1 aliphatic rings. The Kier molecular flexibility index (Phi) is 2.97. The van der Waals surface area contributed by atoms with E-state index < -0.39 is 27.3 Å². The molecule has 1 aromatic carbocycles. The van der Waals surface area contributed by atoms with Crippen molar-refractivity contribution in [3.05, 3.63) is 17.2 Å². The largest absolute Gasteiger partial charge is 0.504 e. The predicted octanol–water partition coefficient (Wildman–Crippen LogP) is 1.89. The topological polar surface area (TPSA) is 83.6 Å². The number of sulfone groups is 1. The van der Waals surface area contributed by atoms with E-state index in [-0.39, 0.29) is 41.5 Å². The summed E-state index contributed by atoms with van der Waals surface area (Å²) >= 11 is 5.97. The molecule has 0 radical (unpaired) electrons. The number of phenolic OH excluding ortho intramolecular Hbond substituents is 1. The number of anilines is 1. The summed E-state index contributed by atoms with van der Waals surface area (Å²) < 4.78 is 47.0. The van der Waals surface area contributed by atoms with Crippen molar-refractivity contribution >= 4 is 27.1 Å². The third-order valence-electron chi connectivity index (χ3n) is 3.85. The molecule has 0 unspecified atom stereocenters. The molecule has 20 heavy (non-hydrogen) atoms. The summed E-state index contributed by atoms with van der Waals surface area (Å²) in [4.78, 5) is 0.884. The van der Waals surface area contributed by atoms with Gasteiger partial charge in [-0.3, -0.25) is 0 Å². The molecule has 1 saturated heterocycles. The van der Waals surface area contributed by atoms with E-state index in [1.54, 1.807) is 0 Å². The first-order chi connectivity index (χ1) is 10.4. The monoisotopic (exact) mass is 321 g/mol. The number of rotatable bonds is 2. The number of nitrogens with zero attached hydrogens (tertiary/aromatic N) is 1. The molecule has 0 atom stereocenters. The van der Waals surface area contributed by atoms with Gasteiger partial charge in [0.2, 0.25) is 0 Å². The molecule has 0 aliphatic carbocycles. The van der Waals surface area contributed by atoms with Crippen LogP contribution in [0.5, 0.6) is 5.75 Å². The molecule has 1 aromatic rings. The maximum atomic E-state index is 13.0. The Balaban J connectivity index is 2.40. The third kappa shape index (κ3) is 2.36.